The predicted octanol–water partition coefficient (Wildman–Crippen LogP) is 4.13. The van der Waals surface area contributed by atoms with Crippen molar-refractivity contribution in [2.24, 2.45) is 5.41 Å². The molecule has 1 N–H and O–H groups in total. The standard InChI is InChI=1S/C13H14Cl3NO/c14-4-3-13(1-2-13)8-17-12(18)9-5-10(15)7-11(16)6-9/h5-7H,1-4,8H2,(H,17,18). The molecule has 1 fully saturated rings. The van der Waals surface area contributed by atoms with Crippen molar-refractivity contribution in [3.05, 3.63) is 33.8 Å². The molecule has 0 radical (unpaired) electrons. The van der Waals surface area contributed by atoms with Gasteiger partial charge in [-0.3, -0.25) is 4.79 Å². The van der Waals surface area contributed by atoms with E-state index in [1.165, 1.54) is 0 Å². The normalized spacial score (nSPS) is 16.4. The van der Waals surface area contributed by atoms with Gasteiger partial charge in [0.1, 0.15) is 0 Å². The van der Waals surface area contributed by atoms with Crippen LogP contribution < -0.4 is 5.32 Å². The quantitative estimate of drug-likeness (QED) is 0.814. The molecule has 0 spiro atoms. The number of carbonyl (C=O) groups excluding carboxylic acids is 1. The van der Waals surface area contributed by atoms with Crippen LogP contribution in [-0.4, -0.2) is 18.3 Å². The van der Waals surface area contributed by atoms with E-state index >= 15 is 0 Å². The highest BCUT2D eigenvalue weighted by atomic mass is 35.5. The lowest BCUT2D eigenvalue weighted by Crippen LogP contribution is -2.30. The van der Waals surface area contributed by atoms with Gasteiger partial charge in [0, 0.05) is 28.0 Å². The zero-order chi connectivity index (χ0) is 13.2. The molecule has 0 bridgehead atoms. The largest absolute Gasteiger partial charge is 0.351 e. The third-order valence-electron chi connectivity index (χ3n) is 3.33. The molecule has 0 aliphatic heterocycles. The summed E-state index contributed by atoms with van der Waals surface area (Å²) >= 11 is 17.5. The fourth-order valence-electron chi connectivity index (χ4n) is 1.95. The number of amides is 1. The third kappa shape index (κ3) is 3.53. The van der Waals surface area contributed by atoms with E-state index in [1.54, 1.807) is 18.2 Å². The Kier molecular flexibility index (Phi) is 4.41. The van der Waals surface area contributed by atoms with Gasteiger partial charge in [0.15, 0.2) is 0 Å². The number of rotatable bonds is 5. The molecule has 1 aromatic carbocycles. The van der Waals surface area contributed by atoms with E-state index < -0.39 is 0 Å². The van der Waals surface area contributed by atoms with Crippen LogP contribution in [0.25, 0.3) is 0 Å². The molecule has 0 unspecified atom stereocenters. The molecule has 0 heterocycles. The highest BCUT2D eigenvalue weighted by molar-refractivity contribution is 6.35. The van der Waals surface area contributed by atoms with Crippen molar-refractivity contribution in [3.63, 3.8) is 0 Å². The number of hydrogen-bond donors (Lipinski definition) is 1. The maximum atomic E-state index is 12.0. The Balaban J connectivity index is 1.95. The van der Waals surface area contributed by atoms with Gasteiger partial charge in [0.25, 0.3) is 5.91 Å². The van der Waals surface area contributed by atoms with Gasteiger partial charge in [0.2, 0.25) is 0 Å². The molecule has 18 heavy (non-hydrogen) atoms. The van der Waals surface area contributed by atoms with Crippen LogP contribution in [0.3, 0.4) is 0 Å². The van der Waals surface area contributed by atoms with Crippen LogP contribution in [0, 0.1) is 5.41 Å². The summed E-state index contributed by atoms with van der Waals surface area (Å²) < 4.78 is 0. The average molecular weight is 307 g/mol. The topological polar surface area (TPSA) is 29.1 Å². The van der Waals surface area contributed by atoms with Crippen molar-refractivity contribution >= 4 is 40.7 Å². The Labute approximate surface area is 122 Å². The summed E-state index contributed by atoms with van der Waals surface area (Å²) in [6.45, 7) is 0.669. The second kappa shape index (κ2) is 5.68. The molecule has 2 nitrogen and oxygen atoms in total. The van der Waals surface area contributed by atoms with Gasteiger partial charge in [-0.1, -0.05) is 23.2 Å². The lowest BCUT2D eigenvalue weighted by atomic mass is 10.0. The minimum absolute atomic E-state index is 0.139. The van der Waals surface area contributed by atoms with Gasteiger partial charge in [-0.05, 0) is 42.9 Å². The minimum atomic E-state index is -0.139. The van der Waals surface area contributed by atoms with E-state index in [1.807, 2.05) is 0 Å². The van der Waals surface area contributed by atoms with Crippen LogP contribution in [0.1, 0.15) is 29.6 Å². The first-order valence-corrected chi connectivity index (χ1v) is 7.14. The van der Waals surface area contributed by atoms with Crippen LogP contribution in [0.5, 0.6) is 0 Å². The summed E-state index contributed by atoms with van der Waals surface area (Å²) in [4.78, 5) is 12.0. The molecular formula is C13H14Cl3NO. The Morgan fingerprint density at radius 1 is 1.22 bits per heavy atom. The maximum Gasteiger partial charge on any atom is 0.251 e. The van der Waals surface area contributed by atoms with E-state index in [0.717, 1.165) is 19.3 Å². The monoisotopic (exact) mass is 305 g/mol. The molecule has 2 rings (SSSR count). The number of benzene rings is 1. The molecule has 1 amide bonds. The third-order valence-corrected chi connectivity index (χ3v) is 3.96. The summed E-state index contributed by atoms with van der Waals surface area (Å²) in [6, 6.07) is 4.84. The smallest absolute Gasteiger partial charge is 0.251 e. The molecule has 0 aromatic heterocycles. The van der Waals surface area contributed by atoms with Crippen LogP contribution in [0.4, 0.5) is 0 Å². The molecule has 1 saturated carbocycles. The van der Waals surface area contributed by atoms with E-state index in [9.17, 15) is 4.79 Å². The Morgan fingerprint density at radius 3 is 2.33 bits per heavy atom. The zero-order valence-electron chi connectivity index (χ0n) is 9.81. The second-order valence-corrected chi connectivity index (χ2v) is 6.03. The first kappa shape index (κ1) is 14.0. The van der Waals surface area contributed by atoms with E-state index in [0.29, 0.717) is 28.0 Å². The first-order valence-electron chi connectivity index (χ1n) is 5.85. The maximum absolute atomic E-state index is 12.0. The second-order valence-electron chi connectivity index (χ2n) is 4.78. The molecule has 5 heteroatoms. The highest BCUT2D eigenvalue weighted by Gasteiger charge is 2.41. The number of hydrogen-bond acceptors (Lipinski definition) is 1. The van der Waals surface area contributed by atoms with Crippen LogP contribution >= 0.6 is 34.8 Å². The molecule has 1 aromatic rings. The van der Waals surface area contributed by atoms with Crippen molar-refractivity contribution in [2.45, 2.75) is 19.3 Å². The first-order chi connectivity index (χ1) is 8.54. The average Bonchev–Trinajstić information content (AvgIpc) is 3.06. The Hall–Kier alpha value is -0.440. The number of nitrogens with one attached hydrogen (secondary N) is 1. The van der Waals surface area contributed by atoms with Crippen molar-refractivity contribution in [1.82, 2.24) is 5.32 Å². The van der Waals surface area contributed by atoms with Gasteiger partial charge in [-0.15, -0.1) is 11.6 Å². The highest BCUT2D eigenvalue weighted by Crippen LogP contribution is 2.48. The Morgan fingerprint density at radius 2 is 1.83 bits per heavy atom. The zero-order valence-corrected chi connectivity index (χ0v) is 12.1. The SMILES string of the molecule is O=C(NCC1(CCCl)CC1)c1cc(Cl)cc(Cl)c1. The molecule has 1 aliphatic rings. The van der Waals surface area contributed by atoms with Gasteiger partial charge in [-0.2, -0.15) is 0 Å². The van der Waals surface area contributed by atoms with Crippen molar-refractivity contribution < 1.29 is 4.79 Å². The fourth-order valence-corrected chi connectivity index (χ4v) is 2.87. The summed E-state index contributed by atoms with van der Waals surface area (Å²) in [5.41, 5.74) is 0.717. The van der Waals surface area contributed by atoms with Crippen molar-refractivity contribution in [3.8, 4) is 0 Å². The molecule has 0 atom stereocenters. The Bertz CT molecular complexity index is 437. The molecule has 98 valence electrons. The molecular weight excluding hydrogens is 293 g/mol. The molecule has 0 saturated heterocycles. The predicted molar refractivity (Wildman–Crippen MR) is 75.8 cm³/mol. The number of alkyl halides is 1. The summed E-state index contributed by atoms with van der Waals surface area (Å²) in [7, 11) is 0. The number of halogens is 3. The van der Waals surface area contributed by atoms with Gasteiger partial charge < -0.3 is 5.32 Å². The van der Waals surface area contributed by atoms with Crippen LogP contribution in [0.2, 0.25) is 10.0 Å². The van der Waals surface area contributed by atoms with Gasteiger partial charge >= 0.3 is 0 Å². The van der Waals surface area contributed by atoms with Gasteiger partial charge in [-0.25, -0.2) is 0 Å². The van der Waals surface area contributed by atoms with Gasteiger partial charge in [0.05, 0.1) is 0 Å². The van der Waals surface area contributed by atoms with Crippen LogP contribution in [0.15, 0.2) is 18.2 Å². The van der Waals surface area contributed by atoms with Crippen LogP contribution in [-0.2, 0) is 0 Å². The fraction of sp³-hybridized carbons (Fsp3) is 0.462. The van der Waals surface area contributed by atoms with E-state index in [2.05, 4.69) is 5.32 Å². The molecule has 1 aliphatic carbocycles. The van der Waals surface area contributed by atoms with Crippen molar-refractivity contribution in [2.75, 3.05) is 12.4 Å². The summed E-state index contributed by atoms with van der Waals surface area (Å²) in [6.07, 6.45) is 3.22. The number of carbonyl (C=O) groups is 1. The lowest BCUT2D eigenvalue weighted by molar-refractivity contribution is 0.0944. The van der Waals surface area contributed by atoms with E-state index in [-0.39, 0.29) is 11.3 Å². The summed E-state index contributed by atoms with van der Waals surface area (Å²) in [5, 5.41) is 3.86. The summed E-state index contributed by atoms with van der Waals surface area (Å²) in [5.74, 6) is 0.499. The lowest BCUT2D eigenvalue weighted by Gasteiger charge is -2.14. The van der Waals surface area contributed by atoms with E-state index in [4.69, 9.17) is 34.8 Å². The minimum Gasteiger partial charge on any atom is -0.351 e. The van der Waals surface area contributed by atoms with Crippen molar-refractivity contribution in [1.29, 1.82) is 0 Å².